The minimum Gasteiger partial charge on any atom is -0.504 e. The lowest BCUT2D eigenvalue weighted by molar-refractivity contribution is -0.138. The molecule has 0 radical (unpaired) electrons. The van der Waals surface area contributed by atoms with Gasteiger partial charge in [0.2, 0.25) is 11.8 Å². The smallest absolute Gasteiger partial charge is 0.260 e. The number of aryl methyl sites for hydroxylation is 1. The Kier molecular flexibility index (Phi) is 8.49. The Morgan fingerprint density at radius 3 is 2.07 bits per heavy atom. The molecule has 3 N–H and O–H groups in total. The van der Waals surface area contributed by atoms with Crippen molar-refractivity contribution in [2.24, 2.45) is 23.7 Å². The molecule has 2 saturated heterocycles. The van der Waals surface area contributed by atoms with Crippen molar-refractivity contribution in [3.8, 4) is 11.5 Å². The number of hydrogen-bond donors (Lipinski definition) is 3. The van der Waals surface area contributed by atoms with Crippen LogP contribution in [0.25, 0.3) is 0 Å². The van der Waals surface area contributed by atoms with E-state index in [-0.39, 0.29) is 36.2 Å². The topological polar surface area (TPSA) is 128 Å². The maximum Gasteiger partial charge on any atom is 0.260 e. The summed E-state index contributed by atoms with van der Waals surface area (Å²) in [7, 11) is 1.46. The number of ether oxygens (including phenoxy) is 1. The zero-order chi connectivity index (χ0) is 38.7. The molecule has 280 valence electrons. The Bertz CT molecular complexity index is 2400. The number of para-hydroxylation sites is 1. The van der Waals surface area contributed by atoms with E-state index >= 15 is 4.79 Å². The van der Waals surface area contributed by atoms with Gasteiger partial charge in [0.05, 0.1) is 41.7 Å². The molecule has 0 spiro atoms. The van der Waals surface area contributed by atoms with E-state index < -0.39 is 46.8 Å². The number of nitrogens with one attached hydrogen (secondary N) is 2. The number of phenols is 1. The molecule has 0 aromatic heterocycles. The fourth-order valence-corrected chi connectivity index (χ4v) is 9.65. The van der Waals surface area contributed by atoms with Gasteiger partial charge in [-0.3, -0.25) is 29.5 Å². The molecule has 0 unspecified atom stereocenters. The molecule has 0 bridgehead atoms. The maximum atomic E-state index is 15.3. The van der Waals surface area contributed by atoms with Crippen LogP contribution < -0.4 is 20.4 Å². The van der Waals surface area contributed by atoms with E-state index in [9.17, 15) is 19.5 Å². The molecule has 4 amide bonds. The number of hydrogen-bond acceptors (Lipinski definition) is 8. The molecule has 10 nitrogen and oxygen atoms in total. The number of amides is 4. The van der Waals surface area contributed by atoms with Gasteiger partial charge in [-0.2, -0.15) is 5.01 Å². The van der Waals surface area contributed by atoms with Gasteiger partial charge in [0.15, 0.2) is 11.5 Å². The van der Waals surface area contributed by atoms with Gasteiger partial charge in [-0.05, 0) is 97.5 Å². The molecule has 5 aromatic carbocycles. The fourth-order valence-electron chi connectivity index (χ4n) is 9.65. The monoisotopic (exact) mass is 744 g/mol. The number of aromatic hydroxyl groups is 1. The first-order chi connectivity index (χ1) is 27.2. The number of fused-ring (bicyclic) bond motifs is 4. The van der Waals surface area contributed by atoms with E-state index in [1.807, 2.05) is 116 Å². The second kappa shape index (κ2) is 13.6. The van der Waals surface area contributed by atoms with Crippen LogP contribution in [0.4, 0.5) is 22.7 Å². The molecule has 2 aliphatic carbocycles. The Morgan fingerprint density at radius 2 is 1.39 bits per heavy atom. The molecule has 56 heavy (non-hydrogen) atoms. The zero-order valence-corrected chi connectivity index (χ0v) is 30.9. The van der Waals surface area contributed by atoms with Crippen molar-refractivity contribution in [3.63, 3.8) is 0 Å². The van der Waals surface area contributed by atoms with E-state index in [1.54, 1.807) is 24.3 Å². The summed E-state index contributed by atoms with van der Waals surface area (Å²) in [5.41, 5.74) is 7.53. The largest absolute Gasteiger partial charge is 0.504 e. The van der Waals surface area contributed by atoms with Crippen LogP contribution in [-0.4, -0.2) is 40.9 Å². The highest BCUT2D eigenvalue weighted by molar-refractivity contribution is 6.22. The zero-order valence-electron chi connectivity index (χ0n) is 30.9. The molecular weight excluding hydrogens is 705 g/mol. The third-order valence-electron chi connectivity index (χ3n) is 12.1. The van der Waals surface area contributed by atoms with Gasteiger partial charge >= 0.3 is 0 Å². The molecule has 1 saturated carbocycles. The number of benzene rings is 5. The minimum absolute atomic E-state index is 0.115. The summed E-state index contributed by atoms with van der Waals surface area (Å²) in [6.45, 7) is 1.96. The molecular formula is C46H40N4O6. The van der Waals surface area contributed by atoms with Crippen LogP contribution >= 0.6 is 0 Å². The minimum atomic E-state index is -1.45. The normalized spacial score (nSPS) is 25.3. The summed E-state index contributed by atoms with van der Waals surface area (Å²) in [5, 5.41) is 15.6. The van der Waals surface area contributed by atoms with Crippen molar-refractivity contribution in [1.29, 1.82) is 0 Å². The summed E-state index contributed by atoms with van der Waals surface area (Å²) >= 11 is 0. The number of carbonyl (C=O) groups excluding carboxylic acids is 4. The quantitative estimate of drug-likeness (QED) is 0.109. The standard InChI is InChI=1S/C46H40N4O6/c1-27-13-16-32(17-14-27)48-50-43(53)37-26-36-34(41(28-15-24-39(56-2)38(51)25-28)46(37,45(50)55)29-9-5-3-6-10-29)22-23-35-40(36)44(54)49(42(35)52)33-20-18-31(19-21-33)47-30-11-7-4-8-12-30/h3-22,24-25,35-37,40-41,47-48,51H,23,26H2,1-2H3/t35-,36+,37-,40-,41-,46+/m0/s1. The number of phenolic OH excluding ortho intramolecular Hbond substituents is 1. The van der Waals surface area contributed by atoms with Crippen molar-refractivity contribution in [2.75, 3.05) is 22.8 Å². The molecule has 5 aromatic rings. The van der Waals surface area contributed by atoms with Gasteiger partial charge < -0.3 is 15.2 Å². The number of rotatable bonds is 8. The van der Waals surface area contributed by atoms with Crippen molar-refractivity contribution in [3.05, 3.63) is 156 Å². The summed E-state index contributed by atoms with van der Waals surface area (Å²) < 4.78 is 5.40. The van der Waals surface area contributed by atoms with E-state index in [0.29, 0.717) is 22.5 Å². The number of anilines is 4. The summed E-state index contributed by atoms with van der Waals surface area (Å²) in [4.78, 5) is 60.5. The van der Waals surface area contributed by atoms with Crippen LogP contribution in [0.2, 0.25) is 0 Å². The first kappa shape index (κ1) is 35.0. The SMILES string of the molecule is COc1ccc([C@H]2C3=CC[C@@H]4C(=O)N(c5ccc(Nc6ccccc6)cc5)C(=O)[C@@H]4[C@@H]3C[C@H]3C(=O)N(Nc4ccc(C)cc4)C(=O)[C@@]23c2ccccc2)cc1O. The highest BCUT2D eigenvalue weighted by atomic mass is 16.5. The van der Waals surface area contributed by atoms with Crippen molar-refractivity contribution in [1.82, 2.24) is 5.01 Å². The maximum absolute atomic E-state index is 15.3. The number of methoxy groups -OCH3 is 1. The third-order valence-corrected chi connectivity index (χ3v) is 12.1. The molecule has 4 aliphatic rings. The van der Waals surface area contributed by atoms with E-state index in [1.165, 1.54) is 12.0 Å². The van der Waals surface area contributed by atoms with Crippen LogP contribution in [0.5, 0.6) is 11.5 Å². The van der Waals surface area contributed by atoms with Crippen LogP contribution in [0, 0.1) is 30.6 Å². The first-order valence-electron chi connectivity index (χ1n) is 18.8. The molecule has 3 fully saturated rings. The van der Waals surface area contributed by atoms with Gasteiger partial charge in [0.25, 0.3) is 11.8 Å². The summed E-state index contributed by atoms with van der Waals surface area (Å²) in [6.07, 6.45) is 2.46. The van der Waals surface area contributed by atoms with Crippen LogP contribution in [0.3, 0.4) is 0 Å². The Morgan fingerprint density at radius 1 is 0.732 bits per heavy atom. The average Bonchev–Trinajstić information content (AvgIpc) is 3.60. The molecule has 2 aliphatic heterocycles. The number of imide groups is 2. The van der Waals surface area contributed by atoms with E-state index in [2.05, 4.69) is 10.7 Å². The van der Waals surface area contributed by atoms with Crippen LogP contribution in [0.15, 0.2) is 139 Å². The van der Waals surface area contributed by atoms with Crippen molar-refractivity contribution >= 4 is 46.4 Å². The molecule has 2 heterocycles. The van der Waals surface area contributed by atoms with Gasteiger partial charge in [-0.1, -0.05) is 83.9 Å². The second-order valence-corrected chi connectivity index (χ2v) is 15.1. The molecule has 9 rings (SSSR count). The predicted molar refractivity (Wildman–Crippen MR) is 212 cm³/mol. The van der Waals surface area contributed by atoms with Crippen LogP contribution in [0.1, 0.15) is 35.4 Å². The lowest BCUT2D eigenvalue weighted by Crippen LogP contribution is -2.53. The lowest BCUT2D eigenvalue weighted by Gasteiger charge is -2.50. The van der Waals surface area contributed by atoms with Gasteiger partial charge in [0.1, 0.15) is 0 Å². The van der Waals surface area contributed by atoms with E-state index in [0.717, 1.165) is 27.5 Å². The Hall–Kier alpha value is -6.68. The van der Waals surface area contributed by atoms with Crippen molar-refractivity contribution in [2.45, 2.75) is 31.1 Å². The predicted octanol–water partition coefficient (Wildman–Crippen LogP) is 7.64. The van der Waals surface area contributed by atoms with E-state index in [4.69, 9.17) is 4.74 Å². The third kappa shape index (κ3) is 5.38. The number of allylic oxidation sites excluding steroid dienone is 2. The first-order valence-corrected chi connectivity index (χ1v) is 18.8. The summed E-state index contributed by atoms with van der Waals surface area (Å²) in [5.74, 6) is -4.92. The molecule has 6 atom stereocenters. The molecule has 10 heteroatoms. The lowest BCUT2D eigenvalue weighted by atomic mass is 9.49. The highest BCUT2D eigenvalue weighted by Crippen LogP contribution is 2.64. The number of hydrazine groups is 1. The fraction of sp³-hybridized carbons (Fsp3) is 0.217. The number of carbonyl (C=O) groups is 4. The van der Waals surface area contributed by atoms with Crippen molar-refractivity contribution < 1.29 is 29.0 Å². The Balaban J connectivity index is 1.15. The highest BCUT2D eigenvalue weighted by Gasteiger charge is 2.70. The van der Waals surface area contributed by atoms with Gasteiger partial charge in [-0.25, -0.2) is 0 Å². The van der Waals surface area contributed by atoms with Gasteiger partial charge in [0, 0.05) is 17.3 Å². The summed E-state index contributed by atoms with van der Waals surface area (Å²) in [6, 6.07) is 38.8. The second-order valence-electron chi connectivity index (χ2n) is 15.1. The average molecular weight is 745 g/mol. The Labute approximate surface area is 324 Å². The van der Waals surface area contributed by atoms with Gasteiger partial charge in [-0.15, -0.1) is 0 Å². The number of nitrogens with zero attached hydrogens (tertiary/aromatic N) is 2. The van der Waals surface area contributed by atoms with Crippen LogP contribution in [-0.2, 0) is 24.6 Å².